The number of hydrogen-bond donors (Lipinski definition) is 1. The van der Waals surface area contributed by atoms with Crippen molar-refractivity contribution in [2.45, 2.75) is 25.2 Å². The molecule has 1 heterocycles. The second kappa shape index (κ2) is 7.22. The van der Waals surface area contributed by atoms with Crippen molar-refractivity contribution in [3.63, 3.8) is 0 Å². The van der Waals surface area contributed by atoms with Crippen molar-refractivity contribution in [1.29, 1.82) is 0 Å². The first kappa shape index (κ1) is 16.9. The summed E-state index contributed by atoms with van der Waals surface area (Å²) in [5.41, 5.74) is 1.09. The SMILES string of the molecule is CS(=O)(=O)N1CCCC(CC(CO)c2ccccc2Br)C1. The van der Waals surface area contributed by atoms with E-state index in [1.54, 1.807) is 4.31 Å². The van der Waals surface area contributed by atoms with Gasteiger partial charge in [-0.3, -0.25) is 0 Å². The summed E-state index contributed by atoms with van der Waals surface area (Å²) >= 11 is 3.53. The molecule has 2 unspecified atom stereocenters. The Labute approximate surface area is 135 Å². The Hall–Kier alpha value is -0.430. The predicted molar refractivity (Wildman–Crippen MR) is 87.7 cm³/mol. The number of sulfonamides is 1. The highest BCUT2D eigenvalue weighted by Crippen LogP contribution is 2.33. The van der Waals surface area contributed by atoms with Gasteiger partial charge in [0.15, 0.2) is 0 Å². The fraction of sp³-hybridized carbons (Fsp3) is 0.600. The highest BCUT2D eigenvalue weighted by atomic mass is 79.9. The summed E-state index contributed by atoms with van der Waals surface area (Å²) in [6.45, 7) is 1.27. The lowest BCUT2D eigenvalue weighted by Crippen LogP contribution is -2.39. The minimum absolute atomic E-state index is 0.0464. The monoisotopic (exact) mass is 375 g/mol. The van der Waals surface area contributed by atoms with Crippen molar-refractivity contribution in [1.82, 2.24) is 4.31 Å². The number of benzene rings is 1. The highest BCUT2D eigenvalue weighted by molar-refractivity contribution is 9.10. The van der Waals surface area contributed by atoms with E-state index >= 15 is 0 Å². The van der Waals surface area contributed by atoms with E-state index in [1.807, 2.05) is 24.3 Å². The van der Waals surface area contributed by atoms with Crippen molar-refractivity contribution >= 4 is 26.0 Å². The lowest BCUT2D eigenvalue weighted by atomic mass is 9.85. The molecule has 0 aromatic heterocycles. The minimum atomic E-state index is -3.11. The van der Waals surface area contributed by atoms with E-state index in [-0.39, 0.29) is 12.5 Å². The molecule has 6 heteroatoms. The summed E-state index contributed by atoms with van der Waals surface area (Å²) in [4.78, 5) is 0. The highest BCUT2D eigenvalue weighted by Gasteiger charge is 2.28. The maximum absolute atomic E-state index is 11.7. The lowest BCUT2D eigenvalue weighted by Gasteiger charge is -2.33. The summed E-state index contributed by atoms with van der Waals surface area (Å²) in [5.74, 6) is 0.350. The molecule has 0 bridgehead atoms. The molecule has 1 aliphatic rings. The van der Waals surface area contributed by atoms with Gasteiger partial charge in [0.2, 0.25) is 10.0 Å². The first-order valence-corrected chi connectivity index (χ1v) is 9.86. The van der Waals surface area contributed by atoms with E-state index in [4.69, 9.17) is 0 Å². The van der Waals surface area contributed by atoms with Crippen LogP contribution >= 0.6 is 15.9 Å². The second-order valence-electron chi connectivity index (χ2n) is 5.77. The maximum atomic E-state index is 11.7. The topological polar surface area (TPSA) is 57.6 Å². The molecule has 0 amide bonds. The largest absolute Gasteiger partial charge is 0.396 e. The van der Waals surface area contributed by atoms with Crippen molar-refractivity contribution in [2.75, 3.05) is 26.0 Å². The van der Waals surface area contributed by atoms with Gasteiger partial charge in [0.05, 0.1) is 6.26 Å². The summed E-state index contributed by atoms with van der Waals surface area (Å²) in [5, 5.41) is 9.71. The first-order valence-electron chi connectivity index (χ1n) is 7.22. The van der Waals surface area contributed by atoms with Crippen LogP contribution in [0.4, 0.5) is 0 Å². The summed E-state index contributed by atoms with van der Waals surface area (Å²) in [7, 11) is -3.11. The zero-order valence-corrected chi connectivity index (χ0v) is 14.6. The fourth-order valence-corrected chi connectivity index (χ4v) is 4.58. The quantitative estimate of drug-likeness (QED) is 0.860. The van der Waals surface area contributed by atoms with Crippen molar-refractivity contribution in [3.05, 3.63) is 34.3 Å². The molecule has 0 saturated carbocycles. The molecule has 0 radical (unpaired) electrons. The standard InChI is InChI=1S/C15H22BrNO3S/c1-21(19,20)17-8-4-5-12(10-17)9-13(11-18)14-6-2-3-7-15(14)16/h2-3,6-7,12-13,18H,4-5,8-11H2,1H3. The third-order valence-electron chi connectivity index (χ3n) is 4.13. The number of hydrogen-bond acceptors (Lipinski definition) is 3. The molecular formula is C15H22BrNO3S. The molecular weight excluding hydrogens is 354 g/mol. The second-order valence-corrected chi connectivity index (χ2v) is 8.60. The number of piperidine rings is 1. The maximum Gasteiger partial charge on any atom is 0.211 e. The summed E-state index contributed by atoms with van der Waals surface area (Å²) in [6.07, 6.45) is 4.00. The van der Waals surface area contributed by atoms with Crippen LogP contribution in [0, 0.1) is 5.92 Å². The van der Waals surface area contributed by atoms with Gasteiger partial charge in [-0.1, -0.05) is 34.1 Å². The van der Waals surface area contributed by atoms with Gasteiger partial charge in [-0.05, 0) is 36.8 Å². The molecule has 2 atom stereocenters. The number of halogens is 1. The van der Waals surface area contributed by atoms with Crippen LogP contribution in [0.2, 0.25) is 0 Å². The molecule has 21 heavy (non-hydrogen) atoms. The normalized spacial score (nSPS) is 22.1. The molecule has 2 rings (SSSR count). The molecule has 1 aromatic rings. The van der Waals surface area contributed by atoms with Crippen LogP contribution in [0.1, 0.15) is 30.7 Å². The van der Waals surface area contributed by atoms with Gasteiger partial charge in [-0.25, -0.2) is 12.7 Å². The van der Waals surface area contributed by atoms with Crippen LogP contribution in [0.3, 0.4) is 0 Å². The van der Waals surface area contributed by atoms with E-state index in [1.165, 1.54) is 6.26 Å². The van der Waals surface area contributed by atoms with Gasteiger partial charge in [-0.2, -0.15) is 0 Å². The lowest BCUT2D eigenvalue weighted by molar-refractivity contribution is 0.205. The zero-order chi connectivity index (χ0) is 15.5. The smallest absolute Gasteiger partial charge is 0.211 e. The van der Waals surface area contributed by atoms with Crippen LogP contribution in [0.15, 0.2) is 28.7 Å². The number of aliphatic hydroxyl groups is 1. The Morgan fingerprint density at radius 3 is 2.76 bits per heavy atom. The van der Waals surface area contributed by atoms with Gasteiger partial charge >= 0.3 is 0 Å². The molecule has 1 aliphatic heterocycles. The van der Waals surface area contributed by atoms with Crippen molar-refractivity contribution in [3.8, 4) is 0 Å². The van der Waals surface area contributed by atoms with Gasteiger partial charge < -0.3 is 5.11 Å². The van der Waals surface area contributed by atoms with Crippen LogP contribution in [0.5, 0.6) is 0 Å². The van der Waals surface area contributed by atoms with Crippen LogP contribution in [-0.2, 0) is 10.0 Å². The Bertz CT molecular complexity index is 576. The zero-order valence-electron chi connectivity index (χ0n) is 12.2. The molecule has 118 valence electrons. The number of rotatable bonds is 5. The fourth-order valence-electron chi connectivity index (χ4n) is 3.03. The van der Waals surface area contributed by atoms with E-state index in [0.29, 0.717) is 19.0 Å². The summed E-state index contributed by atoms with van der Waals surface area (Å²) < 4.78 is 25.9. The molecule has 4 nitrogen and oxygen atoms in total. The average molecular weight is 376 g/mol. The predicted octanol–water partition coefficient (Wildman–Crippen LogP) is 2.59. The minimum Gasteiger partial charge on any atom is -0.396 e. The first-order chi connectivity index (χ1) is 9.91. The van der Waals surface area contributed by atoms with E-state index < -0.39 is 10.0 Å². The van der Waals surface area contributed by atoms with Crippen LogP contribution in [0.25, 0.3) is 0 Å². The van der Waals surface area contributed by atoms with Gasteiger partial charge in [0.1, 0.15) is 0 Å². The molecule has 0 aliphatic carbocycles. The van der Waals surface area contributed by atoms with Crippen molar-refractivity contribution in [2.24, 2.45) is 5.92 Å². The molecule has 1 N–H and O–H groups in total. The van der Waals surface area contributed by atoms with Gasteiger partial charge in [0.25, 0.3) is 0 Å². The van der Waals surface area contributed by atoms with E-state index in [9.17, 15) is 13.5 Å². The Kier molecular flexibility index (Phi) is 5.82. The van der Waals surface area contributed by atoms with Crippen LogP contribution in [-0.4, -0.2) is 43.8 Å². The van der Waals surface area contributed by atoms with Crippen molar-refractivity contribution < 1.29 is 13.5 Å². The average Bonchev–Trinajstić information content (AvgIpc) is 2.45. The number of nitrogens with zero attached hydrogens (tertiary/aromatic N) is 1. The Balaban J connectivity index is 2.07. The van der Waals surface area contributed by atoms with E-state index in [2.05, 4.69) is 15.9 Å². The third kappa shape index (κ3) is 4.52. The Morgan fingerprint density at radius 2 is 2.14 bits per heavy atom. The summed E-state index contributed by atoms with van der Waals surface area (Å²) in [6, 6.07) is 7.91. The van der Waals surface area contributed by atoms with E-state index in [0.717, 1.165) is 29.3 Å². The van der Waals surface area contributed by atoms with Crippen LogP contribution < -0.4 is 0 Å². The van der Waals surface area contributed by atoms with Gasteiger partial charge in [-0.15, -0.1) is 0 Å². The van der Waals surface area contributed by atoms with Gasteiger partial charge in [0, 0.05) is 30.1 Å². The molecule has 1 aromatic carbocycles. The molecule has 1 saturated heterocycles. The number of aliphatic hydroxyl groups excluding tert-OH is 1. The Morgan fingerprint density at radius 1 is 1.43 bits per heavy atom. The molecule has 1 fully saturated rings. The third-order valence-corrected chi connectivity index (χ3v) is 6.13. The molecule has 0 spiro atoms.